The number of nitrogens with two attached hydrogens (primary N) is 1. The van der Waals surface area contributed by atoms with Crippen LogP contribution in [-0.4, -0.2) is 24.1 Å². The third kappa shape index (κ3) is 3.19. The Balaban J connectivity index is 1.98. The van der Waals surface area contributed by atoms with Crippen LogP contribution < -0.4 is 10.6 Å². The van der Waals surface area contributed by atoms with Crippen molar-refractivity contribution in [1.82, 2.24) is 4.98 Å². The molecular weight excluding hydrogens is 210 g/mol. The molecule has 3 heteroatoms. The van der Waals surface area contributed by atoms with E-state index >= 15 is 0 Å². The maximum atomic E-state index is 5.78. The monoisotopic (exact) mass is 233 g/mol. The quantitative estimate of drug-likeness (QED) is 0.867. The number of anilines is 1. The van der Waals surface area contributed by atoms with Gasteiger partial charge in [-0.15, -0.1) is 0 Å². The molecule has 2 atom stereocenters. The summed E-state index contributed by atoms with van der Waals surface area (Å²) >= 11 is 0. The number of hydrogen-bond acceptors (Lipinski definition) is 3. The summed E-state index contributed by atoms with van der Waals surface area (Å²) < 4.78 is 0. The Kier molecular flexibility index (Phi) is 4.00. The molecule has 2 rings (SSSR count). The highest BCUT2D eigenvalue weighted by molar-refractivity contribution is 5.40. The van der Waals surface area contributed by atoms with E-state index in [1.165, 1.54) is 18.4 Å². The minimum atomic E-state index is 0.207. The van der Waals surface area contributed by atoms with Crippen molar-refractivity contribution in [2.24, 2.45) is 11.7 Å². The fraction of sp³-hybridized carbons (Fsp3) is 0.643. The van der Waals surface area contributed by atoms with E-state index in [9.17, 15) is 0 Å². The Morgan fingerprint density at radius 1 is 1.53 bits per heavy atom. The molecule has 1 saturated heterocycles. The predicted molar refractivity (Wildman–Crippen MR) is 72.2 cm³/mol. The van der Waals surface area contributed by atoms with Crippen LogP contribution in [0.4, 0.5) is 5.82 Å². The molecule has 0 aliphatic carbocycles. The lowest BCUT2D eigenvalue weighted by Crippen LogP contribution is -2.21. The Morgan fingerprint density at radius 3 is 2.88 bits per heavy atom. The highest BCUT2D eigenvalue weighted by Crippen LogP contribution is 2.23. The van der Waals surface area contributed by atoms with Gasteiger partial charge in [0.1, 0.15) is 5.82 Å². The molecule has 0 amide bonds. The molecule has 1 fully saturated rings. The van der Waals surface area contributed by atoms with E-state index in [4.69, 9.17) is 5.73 Å². The van der Waals surface area contributed by atoms with E-state index in [2.05, 4.69) is 28.9 Å². The Labute approximate surface area is 104 Å². The molecule has 0 bridgehead atoms. The van der Waals surface area contributed by atoms with E-state index < -0.39 is 0 Å². The van der Waals surface area contributed by atoms with Crippen LogP contribution in [0.5, 0.6) is 0 Å². The highest BCUT2D eigenvalue weighted by Gasteiger charge is 2.21. The van der Waals surface area contributed by atoms with Gasteiger partial charge in [0.2, 0.25) is 0 Å². The summed E-state index contributed by atoms with van der Waals surface area (Å²) in [6.07, 6.45) is 5.46. The number of hydrogen-bond donors (Lipinski definition) is 1. The largest absolute Gasteiger partial charge is 0.356 e. The molecule has 1 aliphatic rings. The van der Waals surface area contributed by atoms with Gasteiger partial charge < -0.3 is 10.6 Å². The first kappa shape index (κ1) is 12.4. The second-order valence-electron chi connectivity index (χ2n) is 5.22. The van der Waals surface area contributed by atoms with Gasteiger partial charge in [-0.1, -0.05) is 19.4 Å². The van der Waals surface area contributed by atoms with Crippen LogP contribution >= 0.6 is 0 Å². The molecule has 0 radical (unpaired) electrons. The van der Waals surface area contributed by atoms with Crippen LogP contribution in [-0.2, 0) is 6.42 Å². The number of nitrogens with zero attached hydrogens (tertiary/aromatic N) is 2. The van der Waals surface area contributed by atoms with Crippen LogP contribution in [0.2, 0.25) is 0 Å². The fourth-order valence-electron chi connectivity index (χ4n) is 2.47. The predicted octanol–water partition coefficient (Wildman–Crippen LogP) is 2.21. The molecular formula is C14H23N3. The summed E-state index contributed by atoms with van der Waals surface area (Å²) in [6.45, 7) is 6.61. The van der Waals surface area contributed by atoms with Gasteiger partial charge in [-0.05, 0) is 37.3 Å². The molecule has 0 spiro atoms. The standard InChI is InChI=1S/C14H23N3/c1-3-12-6-7-17(10-12)14-5-4-13(9-16-14)8-11(2)15/h4-5,9,11-12H,3,6-8,10,15H2,1-2H3. The zero-order valence-electron chi connectivity index (χ0n) is 10.9. The Morgan fingerprint density at radius 2 is 2.35 bits per heavy atom. The zero-order valence-corrected chi connectivity index (χ0v) is 10.9. The van der Waals surface area contributed by atoms with E-state index in [0.717, 1.165) is 31.2 Å². The van der Waals surface area contributed by atoms with E-state index in [0.29, 0.717) is 0 Å². The normalized spacial score (nSPS) is 21.8. The smallest absolute Gasteiger partial charge is 0.128 e. The Hall–Kier alpha value is -1.09. The van der Waals surface area contributed by atoms with E-state index in [1.54, 1.807) is 0 Å². The summed E-state index contributed by atoms with van der Waals surface area (Å²) in [5.74, 6) is 1.97. The summed E-state index contributed by atoms with van der Waals surface area (Å²) in [7, 11) is 0. The van der Waals surface area contributed by atoms with Crippen molar-refractivity contribution < 1.29 is 0 Å². The van der Waals surface area contributed by atoms with Gasteiger partial charge in [-0.2, -0.15) is 0 Å². The summed E-state index contributed by atoms with van der Waals surface area (Å²) in [6, 6.07) is 4.50. The van der Waals surface area contributed by atoms with Gasteiger partial charge in [0.25, 0.3) is 0 Å². The lowest BCUT2D eigenvalue weighted by molar-refractivity contribution is 0.568. The van der Waals surface area contributed by atoms with Gasteiger partial charge in [-0.25, -0.2) is 4.98 Å². The molecule has 94 valence electrons. The van der Waals surface area contributed by atoms with E-state index in [-0.39, 0.29) is 6.04 Å². The highest BCUT2D eigenvalue weighted by atomic mass is 15.2. The number of aromatic nitrogens is 1. The first-order valence-corrected chi connectivity index (χ1v) is 6.64. The van der Waals surface area contributed by atoms with Crippen molar-refractivity contribution in [3.05, 3.63) is 23.9 Å². The first-order chi connectivity index (χ1) is 8.19. The van der Waals surface area contributed by atoms with Crippen molar-refractivity contribution in [2.45, 2.75) is 39.2 Å². The maximum Gasteiger partial charge on any atom is 0.128 e. The Bertz CT molecular complexity index is 345. The second-order valence-corrected chi connectivity index (χ2v) is 5.22. The van der Waals surface area contributed by atoms with Crippen molar-refractivity contribution in [2.75, 3.05) is 18.0 Å². The molecule has 0 saturated carbocycles. The van der Waals surface area contributed by atoms with Crippen molar-refractivity contribution in [1.29, 1.82) is 0 Å². The topological polar surface area (TPSA) is 42.1 Å². The third-order valence-electron chi connectivity index (χ3n) is 3.55. The van der Waals surface area contributed by atoms with Crippen LogP contribution in [0, 0.1) is 5.92 Å². The molecule has 17 heavy (non-hydrogen) atoms. The van der Waals surface area contributed by atoms with E-state index in [1.807, 2.05) is 13.1 Å². The summed E-state index contributed by atoms with van der Waals surface area (Å²) in [5, 5.41) is 0. The van der Waals surface area contributed by atoms with Crippen molar-refractivity contribution >= 4 is 5.82 Å². The average Bonchev–Trinajstić information content (AvgIpc) is 2.78. The molecule has 1 aromatic rings. The average molecular weight is 233 g/mol. The van der Waals surface area contributed by atoms with Crippen molar-refractivity contribution in [3.63, 3.8) is 0 Å². The van der Waals surface area contributed by atoms with Gasteiger partial charge in [0.05, 0.1) is 0 Å². The number of rotatable bonds is 4. The van der Waals surface area contributed by atoms with Crippen LogP contribution in [0.1, 0.15) is 32.3 Å². The van der Waals surface area contributed by atoms with Gasteiger partial charge in [0, 0.05) is 25.3 Å². The van der Waals surface area contributed by atoms with Crippen LogP contribution in [0.3, 0.4) is 0 Å². The second kappa shape index (κ2) is 5.50. The molecule has 0 aromatic carbocycles. The minimum Gasteiger partial charge on any atom is -0.356 e. The lowest BCUT2D eigenvalue weighted by Gasteiger charge is -2.17. The molecule has 2 unspecified atom stereocenters. The molecule has 2 N–H and O–H groups in total. The molecule has 1 aliphatic heterocycles. The minimum absolute atomic E-state index is 0.207. The van der Waals surface area contributed by atoms with Crippen LogP contribution in [0.25, 0.3) is 0 Å². The molecule has 1 aromatic heterocycles. The molecule has 3 nitrogen and oxygen atoms in total. The van der Waals surface area contributed by atoms with Crippen molar-refractivity contribution in [3.8, 4) is 0 Å². The SMILES string of the molecule is CCC1CCN(c2ccc(CC(C)N)cn2)C1. The first-order valence-electron chi connectivity index (χ1n) is 6.64. The zero-order chi connectivity index (χ0) is 12.3. The van der Waals surface area contributed by atoms with Gasteiger partial charge in [0.15, 0.2) is 0 Å². The van der Waals surface area contributed by atoms with Gasteiger partial charge in [-0.3, -0.25) is 0 Å². The lowest BCUT2D eigenvalue weighted by atomic mass is 10.1. The van der Waals surface area contributed by atoms with Gasteiger partial charge >= 0.3 is 0 Å². The third-order valence-corrected chi connectivity index (χ3v) is 3.55. The maximum absolute atomic E-state index is 5.78. The van der Waals surface area contributed by atoms with Crippen LogP contribution in [0.15, 0.2) is 18.3 Å². The fourth-order valence-corrected chi connectivity index (χ4v) is 2.47. The number of pyridine rings is 1. The summed E-state index contributed by atoms with van der Waals surface area (Å²) in [4.78, 5) is 6.95. The molecule has 2 heterocycles. The summed E-state index contributed by atoms with van der Waals surface area (Å²) in [5.41, 5.74) is 7.01.